The largest absolute Gasteiger partial charge is 0.478 e. The monoisotopic (exact) mass is 369 g/mol. The molecule has 0 aliphatic carbocycles. The van der Waals surface area contributed by atoms with Gasteiger partial charge in [-0.3, -0.25) is 4.79 Å². The van der Waals surface area contributed by atoms with E-state index in [1.807, 2.05) is 24.3 Å². The van der Waals surface area contributed by atoms with Crippen molar-refractivity contribution in [2.45, 2.75) is 32.1 Å². The summed E-state index contributed by atoms with van der Waals surface area (Å²) >= 11 is 0. The Morgan fingerprint density at radius 1 is 1.04 bits per heavy atom. The van der Waals surface area contributed by atoms with E-state index in [9.17, 15) is 9.59 Å². The van der Waals surface area contributed by atoms with Crippen LogP contribution in [-0.4, -0.2) is 36.3 Å². The second kappa shape index (κ2) is 9.30. The number of aromatic carboxylic acids is 1. The molecule has 0 spiro atoms. The van der Waals surface area contributed by atoms with Gasteiger partial charge < -0.3 is 19.9 Å². The van der Waals surface area contributed by atoms with E-state index < -0.39 is 5.97 Å². The van der Waals surface area contributed by atoms with Crippen molar-refractivity contribution in [3.63, 3.8) is 0 Å². The van der Waals surface area contributed by atoms with Crippen molar-refractivity contribution in [3.8, 4) is 0 Å². The molecule has 0 atom stereocenters. The lowest BCUT2D eigenvalue weighted by atomic mass is 10.1. The number of carboxylic acid groups (broad SMARTS) is 1. The highest BCUT2D eigenvalue weighted by atomic mass is 16.5. The second-order valence-electron chi connectivity index (χ2n) is 6.51. The van der Waals surface area contributed by atoms with Crippen LogP contribution in [0.15, 0.2) is 48.5 Å². The van der Waals surface area contributed by atoms with Gasteiger partial charge in [0, 0.05) is 25.3 Å². The molecule has 0 unspecified atom stereocenters. The Morgan fingerprint density at radius 3 is 2.41 bits per heavy atom. The second-order valence-corrected chi connectivity index (χ2v) is 6.51. The molecule has 2 aromatic carbocycles. The Labute approximate surface area is 158 Å². The van der Waals surface area contributed by atoms with Crippen LogP contribution in [0.25, 0.3) is 0 Å². The van der Waals surface area contributed by atoms with E-state index in [0.717, 1.165) is 37.2 Å². The lowest BCUT2D eigenvalue weighted by molar-refractivity contribution is -0.0390. The molecule has 6 heteroatoms. The third-order valence-electron chi connectivity index (χ3n) is 4.50. The van der Waals surface area contributed by atoms with Crippen LogP contribution in [0.5, 0.6) is 0 Å². The van der Waals surface area contributed by atoms with Gasteiger partial charge in [-0.1, -0.05) is 30.3 Å². The first-order valence-electron chi connectivity index (χ1n) is 9.00. The molecule has 142 valence electrons. The van der Waals surface area contributed by atoms with E-state index >= 15 is 0 Å². The average Bonchev–Trinajstić information content (AvgIpc) is 2.72. The Bertz CT molecular complexity index is 781. The molecular formula is C21H23NO5. The van der Waals surface area contributed by atoms with Crippen molar-refractivity contribution in [2.75, 3.05) is 13.2 Å². The maximum Gasteiger partial charge on any atom is 0.335 e. The molecule has 1 saturated heterocycles. The molecule has 0 aromatic heterocycles. The molecule has 0 bridgehead atoms. The maximum atomic E-state index is 12.2. The summed E-state index contributed by atoms with van der Waals surface area (Å²) in [7, 11) is 0. The predicted molar refractivity (Wildman–Crippen MR) is 99.6 cm³/mol. The smallest absolute Gasteiger partial charge is 0.335 e. The van der Waals surface area contributed by atoms with Crippen LogP contribution in [0, 0.1) is 0 Å². The molecule has 27 heavy (non-hydrogen) atoms. The highest BCUT2D eigenvalue weighted by Crippen LogP contribution is 2.14. The highest BCUT2D eigenvalue weighted by Gasteiger charge is 2.14. The van der Waals surface area contributed by atoms with Crippen LogP contribution >= 0.6 is 0 Å². The summed E-state index contributed by atoms with van der Waals surface area (Å²) in [5.41, 5.74) is 2.48. The molecular weight excluding hydrogens is 346 g/mol. The van der Waals surface area contributed by atoms with Gasteiger partial charge in [-0.2, -0.15) is 0 Å². The first-order valence-corrected chi connectivity index (χ1v) is 9.00. The van der Waals surface area contributed by atoms with Gasteiger partial charge in [-0.15, -0.1) is 0 Å². The minimum absolute atomic E-state index is 0.0940. The Morgan fingerprint density at radius 2 is 1.70 bits per heavy atom. The average molecular weight is 369 g/mol. The van der Waals surface area contributed by atoms with Gasteiger partial charge in [0.25, 0.3) is 5.91 Å². The fraction of sp³-hybridized carbons (Fsp3) is 0.333. The molecule has 2 aromatic rings. The normalized spacial score (nSPS) is 14.7. The van der Waals surface area contributed by atoms with E-state index in [0.29, 0.717) is 18.7 Å². The molecule has 1 amide bonds. The van der Waals surface area contributed by atoms with E-state index in [1.54, 1.807) is 12.1 Å². The number of benzene rings is 2. The van der Waals surface area contributed by atoms with Crippen LogP contribution in [0.2, 0.25) is 0 Å². The lowest BCUT2D eigenvalue weighted by Gasteiger charge is -2.22. The molecule has 1 aliphatic rings. The van der Waals surface area contributed by atoms with Crippen LogP contribution in [-0.2, 0) is 22.6 Å². The summed E-state index contributed by atoms with van der Waals surface area (Å²) in [5.74, 6) is -1.35. The molecule has 1 heterocycles. The van der Waals surface area contributed by atoms with Gasteiger partial charge in [0.15, 0.2) is 0 Å². The zero-order chi connectivity index (χ0) is 19.1. The number of hydrogen-bond donors (Lipinski definition) is 2. The van der Waals surface area contributed by atoms with Gasteiger partial charge in [0.1, 0.15) is 0 Å². The molecule has 1 fully saturated rings. The predicted octanol–water partition coefficient (Wildman–Crippen LogP) is 3.01. The number of carbonyl (C=O) groups is 2. The van der Waals surface area contributed by atoms with Crippen molar-refractivity contribution < 1.29 is 24.2 Å². The molecule has 3 rings (SSSR count). The summed E-state index contributed by atoms with van der Waals surface area (Å²) in [5, 5.41) is 11.8. The van der Waals surface area contributed by atoms with E-state index in [-0.39, 0.29) is 17.6 Å². The van der Waals surface area contributed by atoms with Gasteiger partial charge >= 0.3 is 5.97 Å². The lowest BCUT2D eigenvalue weighted by Crippen LogP contribution is -2.23. The maximum absolute atomic E-state index is 12.2. The minimum atomic E-state index is -1.05. The van der Waals surface area contributed by atoms with Crippen molar-refractivity contribution in [3.05, 3.63) is 70.8 Å². The van der Waals surface area contributed by atoms with Crippen molar-refractivity contribution in [2.24, 2.45) is 0 Å². The third kappa shape index (κ3) is 5.64. The number of amides is 1. The van der Waals surface area contributed by atoms with Crippen LogP contribution < -0.4 is 5.32 Å². The summed E-state index contributed by atoms with van der Waals surface area (Å²) in [4.78, 5) is 23.2. The van der Waals surface area contributed by atoms with Gasteiger partial charge in [-0.05, 0) is 42.2 Å². The third-order valence-corrected chi connectivity index (χ3v) is 4.50. The van der Waals surface area contributed by atoms with Gasteiger partial charge in [0.2, 0.25) is 0 Å². The quantitative estimate of drug-likeness (QED) is 0.784. The van der Waals surface area contributed by atoms with E-state index in [4.69, 9.17) is 14.6 Å². The summed E-state index contributed by atoms with van der Waals surface area (Å²) in [6.45, 7) is 2.47. The fourth-order valence-corrected chi connectivity index (χ4v) is 2.89. The molecule has 0 saturated carbocycles. The number of hydrogen-bond acceptors (Lipinski definition) is 4. The van der Waals surface area contributed by atoms with Gasteiger partial charge in [0.05, 0.1) is 18.3 Å². The SMILES string of the molecule is O=C(O)c1cccc(C(=O)NCc2ccc(COC3CCOCC3)cc2)c1. The zero-order valence-electron chi connectivity index (χ0n) is 15.0. The fourth-order valence-electron chi connectivity index (χ4n) is 2.89. The van der Waals surface area contributed by atoms with Crippen molar-refractivity contribution >= 4 is 11.9 Å². The first-order chi connectivity index (χ1) is 13.1. The number of carboxylic acids is 1. The summed E-state index contributed by atoms with van der Waals surface area (Å²) < 4.78 is 11.2. The Balaban J connectivity index is 1.48. The van der Waals surface area contributed by atoms with Gasteiger partial charge in [-0.25, -0.2) is 4.79 Å². The van der Waals surface area contributed by atoms with Crippen LogP contribution in [0.3, 0.4) is 0 Å². The molecule has 6 nitrogen and oxygen atoms in total. The standard InChI is InChI=1S/C21H23NO5/c23-20(17-2-1-3-18(12-17)21(24)25)22-13-15-4-6-16(7-5-15)14-27-19-8-10-26-11-9-19/h1-7,12,19H,8-11,13-14H2,(H,22,23)(H,24,25). The van der Waals surface area contributed by atoms with Crippen LogP contribution in [0.4, 0.5) is 0 Å². The molecule has 0 radical (unpaired) electrons. The number of rotatable bonds is 7. The number of carbonyl (C=O) groups excluding carboxylic acids is 1. The summed E-state index contributed by atoms with van der Waals surface area (Å²) in [6.07, 6.45) is 2.14. The van der Waals surface area contributed by atoms with Crippen LogP contribution in [0.1, 0.15) is 44.7 Å². The highest BCUT2D eigenvalue weighted by molar-refractivity contribution is 5.97. The van der Waals surface area contributed by atoms with E-state index in [1.165, 1.54) is 12.1 Å². The molecule has 1 aliphatic heterocycles. The Kier molecular flexibility index (Phi) is 6.57. The topological polar surface area (TPSA) is 84.9 Å². The van der Waals surface area contributed by atoms with Crippen molar-refractivity contribution in [1.82, 2.24) is 5.32 Å². The van der Waals surface area contributed by atoms with Crippen molar-refractivity contribution in [1.29, 1.82) is 0 Å². The van der Waals surface area contributed by atoms with E-state index in [2.05, 4.69) is 5.32 Å². The number of ether oxygens (including phenoxy) is 2. The zero-order valence-corrected chi connectivity index (χ0v) is 15.0. The first kappa shape index (κ1) is 19.1. The minimum Gasteiger partial charge on any atom is -0.478 e. The summed E-state index contributed by atoms with van der Waals surface area (Å²) in [6, 6.07) is 13.9. The molecule has 2 N–H and O–H groups in total. The number of nitrogens with one attached hydrogen (secondary N) is 1. The Hall–Kier alpha value is -2.70.